The van der Waals surface area contributed by atoms with E-state index in [9.17, 15) is 8.42 Å². The number of hydrogen-bond acceptors (Lipinski definition) is 6. The fraction of sp³-hybridized carbons (Fsp3) is 0.333. The molecule has 0 atom stereocenters. The number of pyridine rings is 1. The van der Waals surface area contributed by atoms with Crippen molar-refractivity contribution in [3.63, 3.8) is 0 Å². The van der Waals surface area contributed by atoms with Gasteiger partial charge >= 0.3 is 0 Å². The highest BCUT2D eigenvalue weighted by Gasteiger charge is 2.04. The van der Waals surface area contributed by atoms with Crippen LogP contribution in [0.4, 0.5) is 0 Å². The van der Waals surface area contributed by atoms with E-state index in [1.807, 2.05) is 0 Å². The predicted molar refractivity (Wildman–Crippen MR) is 67.2 cm³/mol. The second-order valence-corrected chi connectivity index (χ2v) is 6.77. The van der Waals surface area contributed by atoms with Crippen molar-refractivity contribution >= 4 is 27.4 Å². The fourth-order valence-corrected chi connectivity index (χ4v) is 3.05. The molecule has 8 heteroatoms. The molecule has 0 aliphatic heterocycles. The summed E-state index contributed by atoms with van der Waals surface area (Å²) in [6.45, 7) is 0. The maximum atomic E-state index is 10.9. The highest BCUT2D eigenvalue weighted by atomic mass is 32.2. The van der Waals surface area contributed by atoms with Gasteiger partial charge in [-0.2, -0.15) is 0 Å². The molecular formula is C9H13N3O3S2. The first-order valence-corrected chi connectivity index (χ1v) is 7.71. The van der Waals surface area contributed by atoms with Crippen LogP contribution in [-0.2, 0) is 9.84 Å². The highest BCUT2D eigenvalue weighted by molar-refractivity contribution is 8.00. The average Bonchev–Trinajstić information content (AvgIpc) is 2.27. The van der Waals surface area contributed by atoms with Crippen LogP contribution in [0.25, 0.3) is 0 Å². The summed E-state index contributed by atoms with van der Waals surface area (Å²) in [4.78, 5) is 4.81. The second-order valence-electron chi connectivity index (χ2n) is 3.34. The molecule has 0 saturated heterocycles. The van der Waals surface area contributed by atoms with Gasteiger partial charge < -0.3 is 10.9 Å². The van der Waals surface area contributed by atoms with E-state index in [2.05, 4.69) is 10.1 Å². The Bertz CT molecular complexity index is 497. The van der Waals surface area contributed by atoms with Crippen LogP contribution in [0.1, 0.15) is 5.69 Å². The quantitative estimate of drug-likeness (QED) is 0.263. The Morgan fingerprint density at radius 3 is 2.76 bits per heavy atom. The molecule has 17 heavy (non-hydrogen) atoms. The third-order valence-corrected chi connectivity index (χ3v) is 4.02. The van der Waals surface area contributed by atoms with Crippen LogP contribution in [0.3, 0.4) is 0 Å². The first-order valence-electron chi connectivity index (χ1n) is 4.67. The summed E-state index contributed by atoms with van der Waals surface area (Å²) in [7, 11) is -2.93. The molecule has 0 spiro atoms. The Kier molecular flexibility index (Phi) is 4.76. The lowest BCUT2D eigenvalue weighted by molar-refractivity contribution is 0.318. The smallest absolute Gasteiger partial charge is 0.188 e. The van der Waals surface area contributed by atoms with Crippen molar-refractivity contribution in [2.75, 3.05) is 17.8 Å². The van der Waals surface area contributed by atoms with Gasteiger partial charge in [0.15, 0.2) is 5.84 Å². The van der Waals surface area contributed by atoms with Crippen molar-refractivity contribution in [3.8, 4) is 0 Å². The first-order chi connectivity index (χ1) is 7.92. The lowest BCUT2D eigenvalue weighted by atomic mass is 10.3. The van der Waals surface area contributed by atoms with Crippen LogP contribution in [-0.4, -0.2) is 42.2 Å². The summed E-state index contributed by atoms with van der Waals surface area (Å²) in [5.74, 6) is 0.543. The predicted octanol–water partition coefficient (Wildman–Crippen LogP) is 0.313. The molecule has 6 nitrogen and oxygen atoms in total. The molecule has 94 valence electrons. The van der Waals surface area contributed by atoms with Gasteiger partial charge in [-0.15, -0.1) is 11.8 Å². The van der Waals surface area contributed by atoms with Gasteiger partial charge in [-0.25, -0.2) is 8.42 Å². The van der Waals surface area contributed by atoms with E-state index in [1.54, 1.807) is 18.3 Å². The summed E-state index contributed by atoms with van der Waals surface area (Å²) >= 11 is 1.39. The molecule has 0 radical (unpaired) electrons. The monoisotopic (exact) mass is 275 g/mol. The van der Waals surface area contributed by atoms with E-state index < -0.39 is 9.84 Å². The molecule has 0 unspecified atom stereocenters. The molecule has 0 bridgehead atoms. The maximum absolute atomic E-state index is 10.9. The van der Waals surface area contributed by atoms with Crippen LogP contribution in [0.15, 0.2) is 28.4 Å². The van der Waals surface area contributed by atoms with E-state index in [1.165, 1.54) is 18.0 Å². The van der Waals surface area contributed by atoms with Gasteiger partial charge in [-0.1, -0.05) is 5.16 Å². The molecule has 1 aromatic heterocycles. The van der Waals surface area contributed by atoms with E-state index >= 15 is 0 Å². The molecule has 0 aliphatic rings. The number of hydrogen-bond donors (Lipinski definition) is 2. The van der Waals surface area contributed by atoms with Gasteiger partial charge in [0.1, 0.15) is 15.5 Å². The topological polar surface area (TPSA) is 106 Å². The molecule has 0 saturated carbocycles. The molecule has 0 fully saturated rings. The van der Waals surface area contributed by atoms with Gasteiger partial charge in [0.2, 0.25) is 0 Å². The molecule has 0 amide bonds. The van der Waals surface area contributed by atoms with Crippen LogP contribution in [0.5, 0.6) is 0 Å². The number of aromatic nitrogens is 1. The first kappa shape index (κ1) is 13.8. The fourth-order valence-electron chi connectivity index (χ4n) is 0.979. The maximum Gasteiger partial charge on any atom is 0.188 e. The lowest BCUT2D eigenvalue weighted by Gasteiger charge is -2.02. The Labute approximate surface area is 104 Å². The number of nitrogens with two attached hydrogens (primary N) is 1. The van der Waals surface area contributed by atoms with Gasteiger partial charge in [0, 0.05) is 23.1 Å². The molecule has 1 rings (SSSR count). The SMILES string of the molecule is CS(=O)(=O)CCSc1ccc(/C(N)=N/O)nc1. The minimum Gasteiger partial charge on any atom is -0.409 e. The van der Waals surface area contributed by atoms with E-state index in [0.29, 0.717) is 11.4 Å². The van der Waals surface area contributed by atoms with Gasteiger partial charge in [-0.3, -0.25) is 4.98 Å². The Hall–Kier alpha value is -1.28. The van der Waals surface area contributed by atoms with Crippen molar-refractivity contribution in [2.24, 2.45) is 10.9 Å². The molecule has 1 heterocycles. The zero-order chi connectivity index (χ0) is 12.9. The second kappa shape index (κ2) is 5.87. The summed E-state index contributed by atoms with van der Waals surface area (Å²) < 4.78 is 21.8. The van der Waals surface area contributed by atoms with Crippen molar-refractivity contribution in [2.45, 2.75) is 4.90 Å². The lowest BCUT2D eigenvalue weighted by Crippen LogP contribution is -2.14. The zero-order valence-corrected chi connectivity index (χ0v) is 10.8. The van der Waals surface area contributed by atoms with Crippen LogP contribution < -0.4 is 5.73 Å². The Morgan fingerprint density at radius 1 is 1.59 bits per heavy atom. The number of oxime groups is 1. The molecule has 3 N–H and O–H groups in total. The van der Waals surface area contributed by atoms with Crippen molar-refractivity contribution in [3.05, 3.63) is 24.0 Å². The molecule has 1 aromatic rings. The minimum absolute atomic E-state index is 0.0577. The number of amidine groups is 1. The van der Waals surface area contributed by atoms with Crippen molar-refractivity contribution < 1.29 is 13.6 Å². The molecule has 0 aliphatic carbocycles. The molecular weight excluding hydrogens is 262 g/mol. The van der Waals surface area contributed by atoms with Crippen molar-refractivity contribution in [1.82, 2.24) is 4.98 Å². The highest BCUT2D eigenvalue weighted by Crippen LogP contribution is 2.16. The minimum atomic E-state index is -2.93. The van der Waals surface area contributed by atoms with E-state index in [0.717, 1.165) is 4.90 Å². The van der Waals surface area contributed by atoms with Crippen LogP contribution in [0, 0.1) is 0 Å². The van der Waals surface area contributed by atoms with Crippen LogP contribution >= 0.6 is 11.8 Å². The molecule has 0 aromatic carbocycles. The average molecular weight is 275 g/mol. The number of nitrogens with zero attached hydrogens (tertiary/aromatic N) is 2. The van der Waals surface area contributed by atoms with E-state index in [4.69, 9.17) is 10.9 Å². The summed E-state index contributed by atoms with van der Waals surface area (Å²) in [5, 5.41) is 11.3. The van der Waals surface area contributed by atoms with Crippen LogP contribution in [0.2, 0.25) is 0 Å². The largest absolute Gasteiger partial charge is 0.409 e. The Balaban J connectivity index is 2.57. The normalized spacial score (nSPS) is 12.6. The Morgan fingerprint density at radius 2 is 2.29 bits per heavy atom. The number of sulfone groups is 1. The van der Waals surface area contributed by atoms with Gasteiger partial charge in [0.25, 0.3) is 0 Å². The van der Waals surface area contributed by atoms with Crippen molar-refractivity contribution in [1.29, 1.82) is 0 Å². The summed E-state index contributed by atoms with van der Waals surface area (Å²) in [6.07, 6.45) is 2.76. The van der Waals surface area contributed by atoms with Gasteiger partial charge in [-0.05, 0) is 12.1 Å². The number of rotatable bonds is 5. The zero-order valence-electron chi connectivity index (χ0n) is 9.20. The summed E-state index contributed by atoms with van der Waals surface area (Å²) in [6, 6.07) is 3.35. The third kappa shape index (κ3) is 5.05. The van der Waals surface area contributed by atoms with Gasteiger partial charge in [0.05, 0.1) is 5.75 Å². The standard InChI is InChI=1S/C9H13N3O3S2/c1-17(14,15)5-4-16-7-2-3-8(11-6-7)9(10)12-13/h2-3,6,13H,4-5H2,1H3,(H2,10,12). The number of thioether (sulfide) groups is 1. The van der Waals surface area contributed by atoms with E-state index in [-0.39, 0.29) is 11.6 Å². The summed E-state index contributed by atoms with van der Waals surface area (Å²) in [5.41, 5.74) is 5.73. The third-order valence-electron chi connectivity index (χ3n) is 1.83.